The van der Waals surface area contributed by atoms with Crippen LogP contribution in [0.25, 0.3) is 0 Å². The summed E-state index contributed by atoms with van der Waals surface area (Å²) in [5.74, 6) is -1.65. The Morgan fingerprint density at radius 2 is 1.73 bits per heavy atom. The maximum Gasteiger partial charge on any atom is 0.332 e. The number of esters is 1. The van der Waals surface area contributed by atoms with Gasteiger partial charge in [-0.3, -0.25) is 14.4 Å². The third-order valence-electron chi connectivity index (χ3n) is 6.25. The lowest BCUT2D eigenvalue weighted by atomic mass is 9.88. The van der Waals surface area contributed by atoms with Crippen molar-refractivity contribution in [3.8, 4) is 0 Å². The van der Waals surface area contributed by atoms with Gasteiger partial charge in [0.15, 0.2) is 0 Å². The highest BCUT2D eigenvalue weighted by Gasteiger charge is 2.59. The van der Waals surface area contributed by atoms with Crippen LogP contribution in [0.15, 0.2) is 40.9 Å². The molecule has 0 bridgehead atoms. The first-order valence-corrected chi connectivity index (χ1v) is 13.3. The van der Waals surface area contributed by atoms with Crippen LogP contribution in [0.4, 0.5) is 10.5 Å². The molecule has 1 unspecified atom stereocenters. The number of carbonyl (C=O) groups is 4. The third kappa shape index (κ3) is 5.49. The highest BCUT2D eigenvalue weighted by molar-refractivity contribution is 9.10. The van der Waals surface area contributed by atoms with Crippen LogP contribution >= 0.6 is 39.1 Å². The van der Waals surface area contributed by atoms with E-state index in [1.807, 2.05) is 24.3 Å². The number of urea groups is 1. The maximum absolute atomic E-state index is 13.8. The van der Waals surface area contributed by atoms with E-state index < -0.39 is 29.0 Å². The smallest absolute Gasteiger partial charge is 0.332 e. The number of rotatable bonds is 6. The van der Waals surface area contributed by atoms with Crippen molar-refractivity contribution < 1.29 is 23.9 Å². The molecular weight excluding hydrogens is 585 g/mol. The number of anilines is 1. The predicted molar refractivity (Wildman–Crippen MR) is 144 cm³/mol. The Kier molecular flexibility index (Phi) is 7.61. The molecule has 2 aliphatic heterocycles. The summed E-state index contributed by atoms with van der Waals surface area (Å²) >= 11 is 16.2. The molecule has 2 heterocycles. The Labute approximate surface area is 233 Å². The van der Waals surface area contributed by atoms with E-state index in [1.54, 1.807) is 25.7 Å². The van der Waals surface area contributed by atoms with Crippen LogP contribution in [0.2, 0.25) is 10.0 Å². The number of hydrogen-bond acceptors (Lipinski definition) is 5. The zero-order chi connectivity index (χ0) is 27.1. The predicted octanol–water partition coefficient (Wildman–Crippen LogP) is 5.37. The normalized spacial score (nSPS) is 19.3. The molecule has 0 saturated carbocycles. The average Bonchev–Trinajstić information content (AvgIpc) is 3.29. The molecule has 2 aromatic rings. The lowest BCUT2D eigenvalue weighted by Gasteiger charge is -2.28. The van der Waals surface area contributed by atoms with E-state index in [1.165, 1.54) is 12.1 Å². The van der Waals surface area contributed by atoms with E-state index in [0.29, 0.717) is 19.4 Å². The Morgan fingerprint density at radius 1 is 1.11 bits per heavy atom. The second-order valence-corrected chi connectivity index (χ2v) is 11.8. The van der Waals surface area contributed by atoms with E-state index in [2.05, 4.69) is 21.2 Å². The van der Waals surface area contributed by atoms with Crippen molar-refractivity contribution in [1.29, 1.82) is 0 Å². The van der Waals surface area contributed by atoms with Crippen LogP contribution in [0.5, 0.6) is 0 Å². The number of imide groups is 1. The standard InChI is InChI=1S/C26H26BrCl2N3O5/c1-25(2,3)37-20(33)14-30-22(34)21-18(28)11-17(12-19(21)29)32-23(35)26(9-4-10-31(26)24(32)36)13-15-5-7-16(27)8-6-15/h5-8,11-12H,4,9-10,13-14H2,1-3H3,(H,30,34). The molecule has 0 aromatic heterocycles. The summed E-state index contributed by atoms with van der Waals surface area (Å²) in [6.07, 6.45) is 1.64. The van der Waals surface area contributed by atoms with Crippen molar-refractivity contribution in [1.82, 2.24) is 10.2 Å². The summed E-state index contributed by atoms with van der Waals surface area (Å²) in [4.78, 5) is 54.5. The maximum atomic E-state index is 13.8. The molecule has 0 aliphatic carbocycles. The van der Waals surface area contributed by atoms with Crippen LogP contribution in [0.3, 0.4) is 0 Å². The van der Waals surface area contributed by atoms with Crippen molar-refractivity contribution in [2.24, 2.45) is 0 Å². The Balaban J connectivity index is 1.57. The largest absolute Gasteiger partial charge is 0.459 e. The molecule has 4 amide bonds. The van der Waals surface area contributed by atoms with Gasteiger partial charge < -0.3 is 15.0 Å². The summed E-state index contributed by atoms with van der Waals surface area (Å²) in [5.41, 5.74) is -0.645. The van der Waals surface area contributed by atoms with Crippen LogP contribution in [-0.4, -0.2) is 52.9 Å². The molecule has 4 rings (SSSR count). The minimum Gasteiger partial charge on any atom is -0.459 e. The van der Waals surface area contributed by atoms with Crippen molar-refractivity contribution in [3.05, 3.63) is 62.0 Å². The van der Waals surface area contributed by atoms with Crippen molar-refractivity contribution in [2.45, 2.75) is 51.2 Å². The molecule has 196 valence electrons. The first kappa shape index (κ1) is 27.4. The van der Waals surface area contributed by atoms with Gasteiger partial charge in [-0.15, -0.1) is 0 Å². The van der Waals surface area contributed by atoms with E-state index in [0.717, 1.165) is 21.4 Å². The fourth-order valence-corrected chi connectivity index (χ4v) is 5.66. The van der Waals surface area contributed by atoms with Crippen molar-refractivity contribution in [2.75, 3.05) is 18.0 Å². The number of hydrogen-bond donors (Lipinski definition) is 1. The minimum atomic E-state index is -0.993. The highest BCUT2D eigenvalue weighted by atomic mass is 79.9. The van der Waals surface area contributed by atoms with E-state index in [9.17, 15) is 19.2 Å². The summed E-state index contributed by atoms with van der Waals surface area (Å²) in [7, 11) is 0. The summed E-state index contributed by atoms with van der Waals surface area (Å²) < 4.78 is 6.10. The van der Waals surface area contributed by atoms with Gasteiger partial charge in [0.25, 0.3) is 11.8 Å². The monoisotopic (exact) mass is 609 g/mol. The van der Waals surface area contributed by atoms with Gasteiger partial charge in [0, 0.05) is 17.4 Å². The fraction of sp³-hybridized carbons (Fsp3) is 0.385. The Hall–Kier alpha value is -2.62. The van der Waals surface area contributed by atoms with E-state index in [4.69, 9.17) is 27.9 Å². The summed E-state index contributed by atoms with van der Waals surface area (Å²) in [6, 6.07) is 9.92. The topological polar surface area (TPSA) is 96.0 Å². The molecule has 2 fully saturated rings. The lowest BCUT2D eigenvalue weighted by Crippen LogP contribution is -2.47. The van der Waals surface area contributed by atoms with Gasteiger partial charge >= 0.3 is 12.0 Å². The molecule has 2 aliphatic rings. The zero-order valence-corrected chi connectivity index (χ0v) is 23.7. The number of ether oxygens (including phenoxy) is 1. The number of amides is 4. The second-order valence-electron chi connectivity index (χ2n) is 10.1. The van der Waals surface area contributed by atoms with Crippen molar-refractivity contribution >= 4 is 68.6 Å². The minimum absolute atomic E-state index is 0.0567. The fourth-order valence-electron chi connectivity index (χ4n) is 4.75. The molecule has 8 nitrogen and oxygen atoms in total. The Morgan fingerprint density at radius 3 is 2.32 bits per heavy atom. The van der Waals surface area contributed by atoms with Gasteiger partial charge in [-0.1, -0.05) is 51.3 Å². The molecule has 1 N–H and O–H groups in total. The third-order valence-corrected chi connectivity index (χ3v) is 7.37. The first-order chi connectivity index (χ1) is 17.3. The van der Waals surface area contributed by atoms with Crippen molar-refractivity contribution in [3.63, 3.8) is 0 Å². The number of nitrogens with zero attached hydrogens (tertiary/aromatic N) is 2. The number of benzene rings is 2. The van der Waals surface area contributed by atoms with Gasteiger partial charge in [-0.2, -0.15) is 0 Å². The van der Waals surface area contributed by atoms with Gasteiger partial charge in [0.1, 0.15) is 17.7 Å². The average molecular weight is 611 g/mol. The molecule has 2 saturated heterocycles. The zero-order valence-electron chi connectivity index (χ0n) is 20.6. The van der Waals surface area contributed by atoms with Crippen LogP contribution < -0.4 is 10.2 Å². The second kappa shape index (κ2) is 10.3. The number of nitrogens with one attached hydrogen (secondary N) is 1. The first-order valence-electron chi connectivity index (χ1n) is 11.7. The molecule has 11 heteroatoms. The number of halogens is 3. The van der Waals surface area contributed by atoms with E-state index in [-0.39, 0.29) is 33.7 Å². The van der Waals surface area contributed by atoms with Gasteiger partial charge in [0.2, 0.25) is 0 Å². The van der Waals surface area contributed by atoms with Crippen LogP contribution in [0, 0.1) is 0 Å². The summed E-state index contributed by atoms with van der Waals surface area (Å²) in [6.45, 7) is 5.24. The number of carbonyl (C=O) groups excluding carboxylic acids is 4. The molecule has 37 heavy (non-hydrogen) atoms. The Bertz CT molecular complexity index is 1250. The summed E-state index contributed by atoms with van der Waals surface area (Å²) in [5, 5.41) is 2.32. The lowest BCUT2D eigenvalue weighted by molar-refractivity contribution is -0.153. The molecule has 1 atom stereocenters. The van der Waals surface area contributed by atoms with Gasteiger partial charge in [-0.05, 0) is 63.4 Å². The molecule has 0 radical (unpaired) electrons. The molecular formula is C26H26BrCl2N3O5. The SMILES string of the molecule is CC(C)(C)OC(=O)CNC(=O)c1c(Cl)cc(N2C(=O)N3CCCC3(Cc3ccc(Br)cc3)C2=O)cc1Cl. The van der Waals surface area contributed by atoms with E-state index >= 15 is 0 Å². The quantitative estimate of drug-likeness (QED) is 0.350. The van der Waals surface area contributed by atoms with Gasteiger partial charge in [0.05, 0.1) is 21.3 Å². The van der Waals surface area contributed by atoms with Crippen LogP contribution in [-0.2, 0) is 20.7 Å². The highest BCUT2D eigenvalue weighted by Crippen LogP contribution is 2.43. The molecule has 2 aromatic carbocycles. The van der Waals surface area contributed by atoms with Gasteiger partial charge in [-0.25, -0.2) is 9.69 Å². The number of fused-ring (bicyclic) bond motifs is 1. The van der Waals surface area contributed by atoms with Crippen LogP contribution in [0.1, 0.15) is 49.5 Å². The molecule has 0 spiro atoms.